The number of amides is 1. The van der Waals surface area contributed by atoms with Gasteiger partial charge in [-0.15, -0.1) is 0 Å². The Balaban J connectivity index is 1.93. The third-order valence-corrected chi connectivity index (χ3v) is 6.90. The van der Waals surface area contributed by atoms with Crippen LogP contribution in [0.3, 0.4) is 0 Å². The van der Waals surface area contributed by atoms with Crippen molar-refractivity contribution in [2.75, 3.05) is 52.8 Å². The van der Waals surface area contributed by atoms with Crippen molar-refractivity contribution in [3.63, 3.8) is 0 Å². The van der Waals surface area contributed by atoms with Crippen LogP contribution in [0.5, 0.6) is 11.5 Å². The predicted octanol–water partition coefficient (Wildman–Crippen LogP) is 4.92. The molecule has 2 aromatic rings. The van der Waals surface area contributed by atoms with Crippen molar-refractivity contribution < 1.29 is 61.9 Å². The van der Waals surface area contributed by atoms with Gasteiger partial charge in [-0.2, -0.15) is 0 Å². The summed E-state index contributed by atoms with van der Waals surface area (Å²) in [7, 11) is 0. The highest BCUT2D eigenvalue weighted by atomic mass is 16.6. The summed E-state index contributed by atoms with van der Waals surface area (Å²) in [5.74, 6) is -1.54. The van der Waals surface area contributed by atoms with E-state index in [1.54, 1.807) is 62.4 Å². The number of rotatable bonds is 24. The van der Waals surface area contributed by atoms with Crippen LogP contribution in [0.1, 0.15) is 34.1 Å². The topological polar surface area (TPSA) is 171 Å². The molecule has 0 aliphatic heterocycles. The van der Waals surface area contributed by atoms with E-state index >= 15 is 0 Å². The molecule has 0 bridgehead atoms. The Hall–Kier alpha value is -5.63. The molecule has 0 aromatic heterocycles. The maximum absolute atomic E-state index is 13.2. The summed E-state index contributed by atoms with van der Waals surface area (Å²) in [6.45, 7) is 16.1. The minimum Gasteiger partial charge on any atom is -0.491 e. The van der Waals surface area contributed by atoms with Crippen molar-refractivity contribution in [1.82, 2.24) is 5.32 Å². The summed E-state index contributed by atoms with van der Waals surface area (Å²) < 4.78 is 43.6. The first kappa shape index (κ1) is 43.5. The zero-order valence-electron chi connectivity index (χ0n) is 30.7. The average molecular weight is 740 g/mol. The Kier molecular flexibility index (Phi) is 18.9. The molecule has 1 N–H and O–H groups in total. The number of carbonyl (C=O) groups excluding carboxylic acids is 5. The summed E-state index contributed by atoms with van der Waals surface area (Å²) in [6, 6.07) is 17.7. The molecule has 0 aliphatic carbocycles. The van der Waals surface area contributed by atoms with Crippen LogP contribution in [0, 0.1) is 5.41 Å². The lowest BCUT2D eigenvalue weighted by Crippen LogP contribution is -2.38. The van der Waals surface area contributed by atoms with Crippen molar-refractivity contribution in [1.29, 1.82) is 0 Å². The highest BCUT2D eigenvalue weighted by molar-refractivity contribution is 5.89. The number of para-hydroxylation sites is 2. The molecular formula is C39H49NO13. The molecule has 0 saturated heterocycles. The first-order valence-electron chi connectivity index (χ1n) is 16.8. The van der Waals surface area contributed by atoms with Gasteiger partial charge < -0.3 is 43.2 Å². The molecule has 2 atom stereocenters. The van der Waals surface area contributed by atoms with E-state index in [0.29, 0.717) is 11.5 Å². The Morgan fingerprint density at radius 2 is 1.15 bits per heavy atom. The summed E-state index contributed by atoms with van der Waals surface area (Å²) in [5, 5.41) is 2.45. The summed E-state index contributed by atoms with van der Waals surface area (Å²) in [4.78, 5) is 61.8. The molecule has 0 spiro atoms. The quantitative estimate of drug-likeness (QED) is 0.0667. The Bertz CT molecular complexity index is 1540. The maximum Gasteiger partial charge on any atom is 0.407 e. The van der Waals surface area contributed by atoms with Gasteiger partial charge in [0.05, 0.1) is 18.6 Å². The molecule has 2 aromatic carbocycles. The number of carbonyl (C=O) groups is 5. The molecule has 14 nitrogen and oxygen atoms in total. The largest absolute Gasteiger partial charge is 0.491 e. The molecule has 1 amide bonds. The predicted molar refractivity (Wildman–Crippen MR) is 193 cm³/mol. The SMILES string of the molecule is C=C(C)C(=O)OCCNC(=O)OC(COC(=O)C(C)(C)CC(=C)C(=O)OCC(COc1ccccc1)OCCOC(=O)C(=C)C)COc1ccccc1. The zero-order chi connectivity index (χ0) is 39.2. The summed E-state index contributed by atoms with van der Waals surface area (Å²) in [6.07, 6.45) is -2.73. The molecule has 0 fully saturated rings. The van der Waals surface area contributed by atoms with Crippen LogP contribution in [0.2, 0.25) is 0 Å². The van der Waals surface area contributed by atoms with Crippen LogP contribution in [0.25, 0.3) is 0 Å². The number of esters is 4. The summed E-state index contributed by atoms with van der Waals surface area (Å²) in [5.41, 5.74) is -0.776. The minimum atomic E-state index is -1.24. The van der Waals surface area contributed by atoms with Crippen LogP contribution in [0.4, 0.5) is 4.79 Å². The van der Waals surface area contributed by atoms with Gasteiger partial charge in [0.1, 0.15) is 57.2 Å². The van der Waals surface area contributed by atoms with Gasteiger partial charge in [0.15, 0.2) is 6.10 Å². The van der Waals surface area contributed by atoms with E-state index in [0.717, 1.165) is 0 Å². The van der Waals surface area contributed by atoms with Gasteiger partial charge in [-0.05, 0) is 58.4 Å². The number of nitrogens with one attached hydrogen (secondary N) is 1. The molecule has 14 heteroatoms. The molecule has 2 rings (SSSR count). The number of hydrogen-bond acceptors (Lipinski definition) is 13. The van der Waals surface area contributed by atoms with Gasteiger partial charge in [0.25, 0.3) is 0 Å². The van der Waals surface area contributed by atoms with E-state index in [4.69, 9.17) is 37.9 Å². The van der Waals surface area contributed by atoms with Crippen molar-refractivity contribution in [2.45, 2.75) is 46.3 Å². The second-order valence-electron chi connectivity index (χ2n) is 12.4. The van der Waals surface area contributed by atoms with Gasteiger partial charge in [-0.1, -0.05) is 56.1 Å². The van der Waals surface area contributed by atoms with Crippen LogP contribution < -0.4 is 14.8 Å². The van der Waals surface area contributed by atoms with E-state index in [-0.39, 0.29) is 75.9 Å². The standard InChI is InChI=1S/C39H49NO13/c1-27(2)34(41)47-19-18-40-38(45)53-33(25-50-31-16-12-9-13-17-31)26-52-37(44)39(6,7)22-29(5)36(43)51-24-32(23-49-30-14-10-8-11-15-30)46-20-21-48-35(42)28(3)4/h8-17,32-33H,1,3,5,18-26H2,2,4,6-7H3,(H,40,45). The lowest BCUT2D eigenvalue weighted by atomic mass is 9.86. The molecule has 0 radical (unpaired) electrons. The number of alkyl carbamates (subject to hydrolysis) is 1. The monoisotopic (exact) mass is 739 g/mol. The Morgan fingerprint density at radius 1 is 0.642 bits per heavy atom. The maximum atomic E-state index is 13.2. The Labute approximate surface area is 310 Å². The second kappa shape index (κ2) is 23.0. The van der Waals surface area contributed by atoms with Gasteiger partial charge in [-0.25, -0.2) is 19.2 Å². The summed E-state index contributed by atoms with van der Waals surface area (Å²) >= 11 is 0. The van der Waals surface area contributed by atoms with Crippen LogP contribution in [0.15, 0.2) is 97.1 Å². The molecule has 2 unspecified atom stereocenters. The van der Waals surface area contributed by atoms with Crippen LogP contribution in [-0.4, -0.2) is 95.0 Å². The van der Waals surface area contributed by atoms with E-state index in [2.05, 4.69) is 25.1 Å². The van der Waals surface area contributed by atoms with Gasteiger partial charge in [0, 0.05) is 16.7 Å². The number of benzene rings is 2. The number of ether oxygens (including phenoxy) is 8. The average Bonchev–Trinajstić information content (AvgIpc) is 3.13. The second-order valence-corrected chi connectivity index (χ2v) is 12.4. The normalized spacial score (nSPS) is 11.8. The van der Waals surface area contributed by atoms with Gasteiger partial charge in [-0.3, -0.25) is 4.79 Å². The third-order valence-electron chi connectivity index (χ3n) is 6.90. The van der Waals surface area contributed by atoms with Crippen LogP contribution in [-0.2, 0) is 47.6 Å². The highest BCUT2D eigenvalue weighted by Crippen LogP contribution is 2.27. The van der Waals surface area contributed by atoms with Gasteiger partial charge in [0.2, 0.25) is 0 Å². The van der Waals surface area contributed by atoms with Crippen molar-refractivity contribution >= 4 is 30.0 Å². The molecule has 0 aliphatic rings. The fourth-order valence-corrected chi connectivity index (χ4v) is 4.07. The van der Waals surface area contributed by atoms with Crippen molar-refractivity contribution in [2.24, 2.45) is 5.41 Å². The van der Waals surface area contributed by atoms with E-state index < -0.39 is 47.6 Å². The smallest absolute Gasteiger partial charge is 0.407 e. The highest BCUT2D eigenvalue weighted by Gasteiger charge is 2.33. The molecule has 53 heavy (non-hydrogen) atoms. The zero-order valence-corrected chi connectivity index (χ0v) is 30.7. The fraction of sp³-hybridized carbons (Fsp3) is 0.410. The third kappa shape index (κ3) is 17.9. The van der Waals surface area contributed by atoms with Crippen molar-refractivity contribution in [3.05, 3.63) is 97.1 Å². The Morgan fingerprint density at radius 3 is 1.70 bits per heavy atom. The molecule has 0 saturated carbocycles. The first-order chi connectivity index (χ1) is 25.2. The molecular weight excluding hydrogens is 690 g/mol. The van der Waals surface area contributed by atoms with Crippen molar-refractivity contribution in [3.8, 4) is 11.5 Å². The van der Waals surface area contributed by atoms with E-state index in [1.165, 1.54) is 13.8 Å². The molecule has 0 heterocycles. The van der Waals surface area contributed by atoms with E-state index in [1.807, 2.05) is 12.1 Å². The number of hydrogen-bond donors (Lipinski definition) is 1. The van der Waals surface area contributed by atoms with E-state index in [9.17, 15) is 24.0 Å². The first-order valence-corrected chi connectivity index (χ1v) is 16.8. The molecule has 288 valence electrons. The lowest BCUT2D eigenvalue weighted by molar-refractivity contribution is -0.157. The fourth-order valence-electron chi connectivity index (χ4n) is 4.07. The lowest BCUT2D eigenvalue weighted by Gasteiger charge is -2.25. The minimum absolute atomic E-state index is 0.00277. The van der Waals surface area contributed by atoms with Crippen LogP contribution >= 0.6 is 0 Å². The van der Waals surface area contributed by atoms with Gasteiger partial charge >= 0.3 is 30.0 Å².